The molecule has 21 heavy (non-hydrogen) atoms. The van der Waals surface area contributed by atoms with E-state index in [4.69, 9.17) is 0 Å². The van der Waals surface area contributed by atoms with Gasteiger partial charge in [-0.15, -0.1) is 0 Å². The molecule has 1 heterocycles. The van der Waals surface area contributed by atoms with Crippen molar-refractivity contribution in [2.24, 2.45) is 0 Å². The molecule has 0 bridgehead atoms. The molecular formula is C15H20N2O4. The number of carboxylic acid groups (broad SMARTS) is 1. The Kier molecular flexibility index (Phi) is 3.89. The Hall–Kier alpha value is -2.11. The summed E-state index contributed by atoms with van der Waals surface area (Å²) >= 11 is 0. The van der Waals surface area contributed by atoms with E-state index >= 15 is 0 Å². The fraction of sp³-hybridized carbons (Fsp3) is 0.533. The highest BCUT2D eigenvalue weighted by molar-refractivity contribution is 6.03. The van der Waals surface area contributed by atoms with Gasteiger partial charge in [0.05, 0.1) is 0 Å². The van der Waals surface area contributed by atoms with Crippen LogP contribution in [0.2, 0.25) is 0 Å². The Balaban J connectivity index is 2.31. The summed E-state index contributed by atoms with van der Waals surface area (Å²) < 4.78 is 0. The molecule has 1 aromatic heterocycles. The summed E-state index contributed by atoms with van der Waals surface area (Å²) in [5.41, 5.74) is 0.775. The molecule has 0 saturated heterocycles. The van der Waals surface area contributed by atoms with E-state index in [9.17, 15) is 19.5 Å². The third kappa shape index (κ3) is 2.57. The van der Waals surface area contributed by atoms with Crippen molar-refractivity contribution in [1.82, 2.24) is 10.3 Å². The van der Waals surface area contributed by atoms with E-state index in [2.05, 4.69) is 10.3 Å². The minimum absolute atomic E-state index is 0.117. The summed E-state index contributed by atoms with van der Waals surface area (Å²) in [4.78, 5) is 38.4. The number of carbonyl (C=O) groups excluding carboxylic acids is 2. The predicted molar refractivity (Wildman–Crippen MR) is 76.6 cm³/mol. The van der Waals surface area contributed by atoms with Gasteiger partial charge in [-0.1, -0.05) is 12.8 Å². The molecular weight excluding hydrogens is 272 g/mol. The van der Waals surface area contributed by atoms with Gasteiger partial charge in [0.25, 0.3) is 5.91 Å². The molecule has 1 aromatic rings. The number of aryl methyl sites for hydroxylation is 1. The zero-order chi connectivity index (χ0) is 15.8. The summed E-state index contributed by atoms with van der Waals surface area (Å²) in [6.07, 6.45) is 2.45. The molecule has 0 radical (unpaired) electrons. The van der Waals surface area contributed by atoms with Crippen LogP contribution in [0, 0.1) is 13.8 Å². The SMILES string of the molecule is CC(=O)c1c(C)[nH]c(C(=O)NC2(C(=O)O)CCCC2)c1C. The number of aromatic amines is 1. The first-order valence-electron chi connectivity index (χ1n) is 7.04. The second-order valence-corrected chi connectivity index (χ2v) is 5.73. The van der Waals surface area contributed by atoms with Gasteiger partial charge in [-0.25, -0.2) is 4.79 Å². The maximum Gasteiger partial charge on any atom is 0.329 e. The number of H-pyrrole nitrogens is 1. The number of aromatic nitrogens is 1. The fourth-order valence-electron chi connectivity index (χ4n) is 3.16. The van der Waals surface area contributed by atoms with Crippen LogP contribution in [0.1, 0.15) is 64.7 Å². The lowest BCUT2D eigenvalue weighted by molar-refractivity contribution is -0.144. The average molecular weight is 292 g/mol. The Bertz CT molecular complexity index is 609. The first kappa shape index (κ1) is 15.3. The number of hydrogen-bond acceptors (Lipinski definition) is 3. The van der Waals surface area contributed by atoms with Crippen molar-refractivity contribution in [3.8, 4) is 0 Å². The Morgan fingerprint density at radius 2 is 1.76 bits per heavy atom. The van der Waals surface area contributed by atoms with Crippen LogP contribution in [-0.2, 0) is 4.79 Å². The number of nitrogens with one attached hydrogen (secondary N) is 2. The van der Waals surface area contributed by atoms with Gasteiger partial charge in [0.15, 0.2) is 5.78 Å². The molecule has 6 nitrogen and oxygen atoms in total. The average Bonchev–Trinajstić information content (AvgIpc) is 2.95. The number of ketones is 1. The van der Waals surface area contributed by atoms with Crippen LogP contribution >= 0.6 is 0 Å². The monoisotopic (exact) mass is 292 g/mol. The molecule has 1 amide bonds. The molecule has 114 valence electrons. The molecule has 1 saturated carbocycles. The highest BCUT2D eigenvalue weighted by Crippen LogP contribution is 2.30. The van der Waals surface area contributed by atoms with Crippen LogP contribution in [0.15, 0.2) is 0 Å². The normalized spacial score (nSPS) is 16.7. The second-order valence-electron chi connectivity index (χ2n) is 5.73. The van der Waals surface area contributed by atoms with E-state index in [-0.39, 0.29) is 11.5 Å². The minimum Gasteiger partial charge on any atom is -0.480 e. The smallest absolute Gasteiger partial charge is 0.329 e. The van der Waals surface area contributed by atoms with E-state index in [0.717, 1.165) is 12.8 Å². The summed E-state index contributed by atoms with van der Waals surface area (Å²) in [7, 11) is 0. The zero-order valence-corrected chi connectivity index (χ0v) is 12.5. The highest BCUT2D eigenvalue weighted by atomic mass is 16.4. The van der Waals surface area contributed by atoms with Crippen molar-refractivity contribution < 1.29 is 19.5 Å². The third-order valence-electron chi connectivity index (χ3n) is 4.24. The molecule has 1 fully saturated rings. The van der Waals surface area contributed by atoms with Crippen molar-refractivity contribution >= 4 is 17.7 Å². The molecule has 3 N–H and O–H groups in total. The van der Waals surface area contributed by atoms with Crippen molar-refractivity contribution in [2.45, 2.75) is 52.0 Å². The molecule has 0 aromatic carbocycles. The molecule has 1 aliphatic rings. The first-order chi connectivity index (χ1) is 9.78. The van der Waals surface area contributed by atoms with E-state index < -0.39 is 17.4 Å². The van der Waals surface area contributed by atoms with Gasteiger partial charge in [-0.3, -0.25) is 9.59 Å². The van der Waals surface area contributed by atoms with E-state index in [1.807, 2.05) is 0 Å². The van der Waals surface area contributed by atoms with E-state index in [1.165, 1.54) is 6.92 Å². The van der Waals surface area contributed by atoms with Crippen LogP contribution in [-0.4, -0.2) is 33.3 Å². The number of aliphatic carboxylic acids is 1. The van der Waals surface area contributed by atoms with Gasteiger partial charge >= 0.3 is 5.97 Å². The summed E-state index contributed by atoms with van der Waals surface area (Å²) in [6, 6.07) is 0. The van der Waals surface area contributed by atoms with Crippen molar-refractivity contribution in [3.05, 3.63) is 22.5 Å². The Morgan fingerprint density at radius 1 is 1.19 bits per heavy atom. The summed E-state index contributed by atoms with van der Waals surface area (Å²) in [5, 5.41) is 12.0. The van der Waals surface area contributed by atoms with E-state index in [0.29, 0.717) is 29.7 Å². The maximum atomic E-state index is 12.4. The number of Topliss-reactive ketones (excluding diaryl/α,β-unsaturated/α-hetero) is 1. The Morgan fingerprint density at radius 3 is 2.19 bits per heavy atom. The lowest BCUT2D eigenvalue weighted by Crippen LogP contribution is -2.52. The van der Waals surface area contributed by atoms with Crippen LogP contribution in [0.3, 0.4) is 0 Å². The largest absolute Gasteiger partial charge is 0.480 e. The van der Waals surface area contributed by atoms with Crippen LogP contribution in [0.5, 0.6) is 0 Å². The summed E-state index contributed by atoms with van der Waals surface area (Å²) in [5.74, 6) is -1.58. The number of carboxylic acids is 1. The van der Waals surface area contributed by atoms with E-state index in [1.54, 1.807) is 13.8 Å². The Labute approximate surface area is 122 Å². The van der Waals surface area contributed by atoms with Gasteiger partial charge in [-0.05, 0) is 39.2 Å². The topological polar surface area (TPSA) is 99.3 Å². The molecule has 0 aliphatic heterocycles. The number of hydrogen-bond donors (Lipinski definition) is 3. The van der Waals surface area contributed by atoms with Crippen molar-refractivity contribution in [1.29, 1.82) is 0 Å². The quantitative estimate of drug-likeness (QED) is 0.739. The third-order valence-corrected chi connectivity index (χ3v) is 4.24. The lowest BCUT2D eigenvalue weighted by Gasteiger charge is -2.25. The second kappa shape index (κ2) is 5.35. The minimum atomic E-state index is -1.18. The van der Waals surface area contributed by atoms with Gasteiger partial charge in [0.2, 0.25) is 0 Å². The molecule has 0 unspecified atom stereocenters. The zero-order valence-electron chi connectivity index (χ0n) is 12.5. The van der Waals surface area contributed by atoms with Crippen LogP contribution in [0.4, 0.5) is 0 Å². The highest BCUT2D eigenvalue weighted by Gasteiger charge is 2.43. The molecule has 1 aliphatic carbocycles. The van der Waals surface area contributed by atoms with Crippen LogP contribution in [0.25, 0.3) is 0 Å². The number of amides is 1. The lowest BCUT2D eigenvalue weighted by atomic mass is 9.97. The van der Waals surface area contributed by atoms with Crippen LogP contribution < -0.4 is 5.32 Å². The van der Waals surface area contributed by atoms with Gasteiger partial charge in [0, 0.05) is 11.3 Å². The van der Waals surface area contributed by atoms with Crippen molar-refractivity contribution in [3.63, 3.8) is 0 Å². The number of carbonyl (C=O) groups is 3. The molecule has 0 spiro atoms. The van der Waals surface area contributed by atoms with Crippen molar-refractivity contribution in [2.75, 3.05) is 0 Å². The standard InChI is InChI=1S/C15H20N2O4/c1-8-11(10(3)18)9(2)16-12(8)13(19)17-15(14(20)21)6-4-5-7-15/h16H,4-7H2,1-3H3,(H,17,19)(H,20,21). The fourth-order valence-corrected chi connectivity index (χ4v) is 3.16. The first-order valence-corrected chi connectivity index (χ1v) is 7.04. The molecule has 2 rings (SSSR count). The van der Waals surface area contributed by atoms with Gasteiger partial charge < -0.3 is 15.4 Å². The predicted octanol–water partition coefficient (Wildman–Crippen LogP) is 1.96. The van der Waals surface area contributed by atoms with Gasteiger partial charge in [0.1, 0.15) is 11.2 Å². The molecule has 6 heteroatoms. The maximum absolute atomic E-state index is 12.4. The van der Waals surface area contributed by atoms with Gasteiger partial charge in [-0.2, -0.15) is 0 Å². The summed E-state index contributed by atoms with van der Waals surface area (Å²) in [6.45, 7) is 4.86. The number of rotatable bonds is 4. The molecule has 0 atom stereocenters.